The molecule has 2 aliphatic heterocycles. The number of benzene rings is 1. The first kappa shape index (κ1) is 20.2. The van der Waals surface area contributed by atoms with Crippen LogP contribution in [-0.4, -0.2) is 66.2 Å². The summed E-state index contributed by atoms with van der Waals surface area (Å²) in [5.41, 5.74) is 1.25. The highest BCUT2D eigenvalue weighted by atomic mass is 19.3. The van der Waals surface area contributed by atoms with E-state index in [1.54, 1.807) is 23.1 Å². The van der Waals surface area contributed by atoms with Gasteiger partial charge in [0.15, 0.2) is 0 Å². The van der Waals surface area contributed by atoms with Crippen LogP contribution in [0.15, 0.2) is 18.2 Å². The van der Waals surface area contributed by atoms with E-state index in [4.69, 9.17) is 4.74 Å². The average Bonchev–Trinajstić information content (AvgIpc) is 2.96. The maximum Gasteiger partial charge on any atom is 0.255 e. The Kier molecular flexibility index (Phi) is 6.23. The third-order valence-corrected chi connectivity index (χ3v) is 5.01. The molecule has 0 radical (unpaired) electrons. The molecule has 0 saturated carbocycles. The number of amides is 3. The van der Waals surface area contributed by atoms with Gasteiger partial charge >= 0.3 is 0 Å². The minimum Gasteiger partial charge on any atom is -0.492 e. The van der Waals surface area contributed by atoms with Crippen molar-refractivity contribution >= 4 is 17.7 Å². The van der Waals surface area contributed by atoms with Crippen LogP contribution in [0.25, 0.3) is 0 Å². The number of alkyl halides is 2. The quantitative estimate of drug-likeness (QED) is 0.674. The fourth-order valence-electron chi connectivity index (χ4n) is 3.51. The average molecular weight is 395 g/mol. The van der Waals surface area contributed by atoms with Crippen LogP contribution >= 0.6 is 0 Å². The Bertz CT molecular complexity index is 772. The predicted octanol–water partition coefficient (Wildman–Crippen LogP) is 1.41. The van der Waals surface area contributed by atoms with Crippen LogP contribution in [0.2, 0.25) is 0 Å². The fraction of sp³-hybridized carbons (Fsp3) is 0.526. The van der Waals surface area contributed by atoms with Crippen molar-refractivity contribution in [3.63, 3.8) is 0 Å². The summed E-state index contributed by atoms with van der Waals surface area (Å²) >= 11 is 0. The molecular formula is C19H23F2N3O4. The Morgan fingerprint density at radius 3 is 2.79 bits per heavy atom. The molecule has 0 spiro atoms. The van der Waals surface area contributed by atoms with Crippen molar-refractivity contribution in [1.82, 2.24) is 15.1 Å². The molecule has 28 heavy (non-hydrogen) atoms. The summed E-state index contributed by atoms with van der Waals surface area (Å²) in [4.78, 5) is 39.1. The molecule has 0 aromatic heterocycles. The Morgan fingerprint density at radius 1 is 1.32 bits per heavy atom. The van der Waals surface area contributed by atoms with E-state index >= 15 is 0 Å². The van der Waals surface area contributed by atoms with Crippen molar-refractivity contribution in [2.24, 2.45) is 0 Å². The van der Waals surface area contributed by atoms with Gasteiger partial charge in [-0.05, 0) is 36.7 Å². The van der Waals surface area contributed by atoms with Gasteiger partial charge in [-0.15, -0.1) is 0 Å². The fourth-order valence-corrected chi connectivity index (χ4v) is 3.51. The van der Waals surface area contributed by atoms with Crippen LogP contribution in [0.3, 0.4) is 0 Å². The summed E-state index contributed by atoms with van der Waals surface area (Å²) in [6.07, 6.45) is -1.87. The van der Waals surface area contributed by atoms with Gasteiger partial charge in [-0.25, -0.2) is 8.78 Å². The van der Waals surface area contributed by atoms with E-state index in [1.807, 2.05) is 6.92 Å². The normalized spacial score (nSPS) is 19.4. The Morgan fingerprint density at radius 2 is 2.11 bits per heavy atom. The molecule has 1 fully saturated rings. The number of fused-ring (bicyclic) bond motifs is 1. The van der Waals surface area contributed by atoms with Gasteiger partial charge in [0.2, 0.25) is 11.8 Å². The summed E-state index contributed by atoms with van der Waals surface area (Å²) in [5.74, 6) is -0.475. The maximum absolute atomic E-state index is 12.6. The zero-order valence-electron chi connectivity index (χ0n) is 15.6. The van der Waals surface area contributed by atoms with Gasteiger partial charge in [0, 0.05) is 25.1 Å². The molecule has 0 bridgehead atoms. The van der Waals surface area contributed by atoms with E-state index < -0.39 is 18.4 Å². The van der Waals surface area contributed by atoms with Gasteiger partial charge in [0.05, 0.1) is 6.54 Å². The number of halogens is 2. The van der Waals surface area contributed by atoms with Crippen LogP contribution in [0, 0.1) is 0 Å². The highest BCUT2D eigenvalue weighted by molar-refractivity contribution is 6.05. The van der Waals surface area contributed by atoms with Crippen molar-refractivity contribution in [1.29, 1.82) is 0 Å². The van der Waals surface area contributed by atoms with E-state index in [0.717, 1.165) is 5.56 Å². The number of rotatable bonds is 8. The molecule has 7 nitrogen and oxygen atoms in total. The molecule has 1 atom stereocenters. The summed E-state index contributed by atoms with van der Waals surface area (Å²) in [7, 11) is 0. The third-order valence-electron chi connectivity index (χ3n) is 5.01. The van der Waals surface area contributed by atoms with Gasteiger partial charge in [0.25, 0.3) is 12.3 Å². The summed E-state index contributed by atoms with van der Waals surface area (Å²) < 4.78 is 30.6. The SMILES string of the molecule is CCN(CCOc1ccc2c(c1)CN(C1CCC(=O)NC1=O)C2=O)CC(F)F. The lowest BCUT2D eigenvalue weighted by molar-refractivity contribution is -0.136. The van der Waals surface area contributed by atoms with E-state index in [0.29, 0.717) is 30.8 Å². The number of hydrogen-bond acceptors (Lipinski definition) is 5. The lowest BCUT2D eigenvalue weighted by Crippen LogP contribution is -2.52. The number of carbonyl (C=O) groups is 3. The molecule has 9 heteroatoms. The molecule has 1 aromatic carbocycles. The predicted molar refractivity (Wildman–Crippen MR) is 96.1 cm³/mol. The molecule has 152 valence electrons. The first-order valence-corrected chi connectivity index (χ1v) is 9.30. The number of likely N-dealkylation sites (N-methyl/N-ethyl adjacent to an activating group) is 1. The minimum absolute atomic E-state index is 0.206. The topological polar surface area (TPSA) is 79.0 Å². The second-order valence-corrected chi connectivity index (χ2v) is 6.85. The molecular weight excluding hydrogens is 372 g/mol. The number of imide groups is 1. The second-order valence-electron chi connectivity index (χ2n) is 6.85. The molecule has 2 aliphatic rings. The number of hydrogen-bond donors (Lipinski definition) is 1. The first-order chi connectivity index (χ1) is 13.4. The summed E-state index contributed by atoms with van der Waals surface area (Å²) in [6.45, 7) is 2.92. The summed E-state index contributed by atoms with van der Waals surface area (Å²) in [5, 5.41) is 2.27. The zero-order valence-corrected chi connectivity index (χ0v) is 15.6. The van der Waals surface area contributed by atoms with Gasteiger partial charge in [0.1, 0.15) is 18.4 Å². The first-order valence-electron chi connectivity index (χ1n) is 9.30. The molecule has 0 aliphatic carbocycles. The van der Waals surface area contributed by atoms with Crippen molar-refractivity contribution in [2.75, 3.05) is 26.2 Å². The van der Waals surface area contributed by atoms with E-state index in [2.05, 4.69) is 5.32 Å². The Balaban J connectivity index is 1.60. The van der Waals surface area contributed by atoms with E-state index in [9.17, 15) is 23.2 Å². The highest BCUT2D eigenvalue weighted by Gasteiger charge is 2.39. The lowest BCUT2D eigenvalue weighted by atomic mass is 10.0. The summed E-state index contributed by atoms with van der Waals surface area (Å²) in [6, 6.07) is 4.39. The Labute approximate surface area is 161 Å². The largest absolute Gasteiger partial charge is 0.492 e. The molecule has 1 N–H and O–H groups in total. The van der Waals surface area contributed by atoms with Crippen molar-refractivity contribution in [3.05, 3.63) is 29.3 Å². The maximum atomic E-state index is 12.6. The number of carbonyl (C=O) groups excluding carboxylic acids is 3. The molecule has 1 aromatic rings. The lowest BCUT2D eigenvalue weighted by Gasteiger charge is -2.29. The molecule has 1 saturated heterocycles. The van der Waals surface area contributed by atoms with Crippen LogP contribution in [-0.2, 0) is 16.1 Å². The van der Waals surface area contributed by atoms with Crippen LogP contribution in [0.4, 0.5) is 8.78 Å². The van der Waals surface area contributed by atoms with Crippen molar-refractivity contribution in [3.8, 4) is 5.75 Å². The number of nitrogens with one attached hydrogen (secondary N) is 1. The van der Waals surface area contributed by atoms with Crippen LogP contribution in [0.1, 0.15) is 35.7 Å². The number of ether oxygens (including phenoxy) is 1. The van der Waals surface area contributed by atoms with Gasteiger partial charge < -0.3 is 9.64 Å². The molecule has 3 rings (SSSR count). The standard InChI is InChI=1S/C19H23F2N3O4/c1-2-23(11-16(20)21)7-8-28-13-3-4-14-12(9-13)10-24(19(14)27)15-5-6-17(25)22-18(15)26/h3-4,9,15-16H,2,5-8,10-11H2,1H3,(H,22,25,26). The van der Waals surface area contributed by atoms with Crippen molar-refractivity contribution < 1.29 is 27.9 Å². The van der Waals surface area contributed by atoms with E-state index in [-0.39, 0.29) is 37.9 Å². The third kappa shape index (κ3) is 4.46. The zero-order chi connectivity index (χ0) is 20.3. The molecule has 3 amide bonds. The van der Waals surface area contributed by atoms with Gasteiger partial charge in [-0.2, -0.15) is 0 Å². The van der Waals surface area contributed by atoms with Crippen LogP contribution in [0.5, 0.6) is 5.75 Å². The highest BCUT2D eigenvalue weighted by Crippen LogP contribution is 2.30. The number of piperidine rings is 1. The number of nitrogens with zero attached hydrogens (tertiary/aromatic N) is 2. The van der Waals surface area contributed by atoms with Gasteiger partial charge in [-0.3, -0.25) is 24.6 Å². The Hall–Kier alpha value is -2.55. The smallest absolute Gasteiger partial charge is 0.255 e. The second kappa shape index (κ2) is 8.64. The van der Waals surface area contributed by atoms with Gasteiger partial charge in [-0.1, -0.05) is 6.92 Å². The molecule has 1 unspecified atom stereocenters. The van der Waals surface area contributed by atoms with Crippen molar-refractivity contribution in [2.45, 2.75) is 38.8 Å². The molecule has 2 heterocycles. The van der Waals surface area contributed by atoms with E-state index in [1.165, 1.54) is 4.90 Å². The minimum atomic E-state index is -2.38. The monoisotopic (exact) mass is 395 g/mol. The van der Waals surface area contributed by atoms with Crippen LogP contribution < -0.4 is 10.1 Å².